The maximum atomic E-state index is 11.9. The first-order chi connectivity index (χ1) is 8.58. The zero-order valence-corrected chi connectivity index (χ0v) is 12.3. The molecule has 1 aromatic carbocycles. The molecule has 0 atom stereocenters. The molecule has 0 radical (unpaired) electrons. The summed E-state index contributed by atoms with van der Waals surface area (Å²) in [4.78, 5) is 12.9. The zero-order chi connectivity index (χ0) is 13.1. The molecule has 0 unspecified atom stereocenters. The fraction of sp³-hybridized carbons (Fsp3) is 0.0833. The number of benzene rings is 1. The molecule has 1 amide bonds. The lowest BCUT2D eigenvalue weighted by atomic mass is 10.2. The lowest BCUT2D eigenvalue weighted by Crippen LogP contribution is -2.22. The van der Waals surface area contributed by atoms with Gasteiger partial charge in [-0.3, -0.25) is 4.79 Å². The molecule has 0 aliphatic heterocycles. The van der Waals surface area contributed by atoms with Gasteiger partial charge in [-0.05, 0) is 45.6 Å². The predicted octanol–water partition coefficient (Wildman–Crippen LogP) is 3.80. The van der Waals surface area contributed by atoms with E-state index in [1.54, 1.807) is 11.3 Å². The van der Waals surface area contributed by atoms with Crippen molar-refractivity contribution in [2.24, 2.45) is 0 Å². The number of aromatic hydroxyl groups is 1. The van der Waals surface area contributed by atoms with Gasteiger partial charge in [-0.2, -0.15) is 0 Å². The van der Waals surface area contributed by atoms with Gasteiger partial charge in [0.15, 0.2) is 0 Å². The van der Waals surface area contributed by atoms with Crippen molar-refractivity contribution in [2.75, 3.05) is 0 Å². The van der Waals surface area contributed by atoms with Gasteiger partial charge in [0.1, 0.15) is 5.75 Å². The van der Waals surface area contributed by atoms with Gasteiger partial charge in [-0.15, -0.1) is 11.3 Å². The van der Waals surface area contributed by atoms with Crippen LogP contribution in [0.2, 0.25) is 5.02 Å². The summed E-state index contributed by atoms with van der Waals surface area (Å²) in [7, 11) is 0. The van der Waals surface area contributed by atoms with Crippen molar-refractivity contribution in [1.82, 2.24) is 5.32 Å². The minimum atomic E-state index is -0.225. The minimum absolute atomic E-state index is 0.0331. The first-order valence-electron chi connectivity index (χ1n) is 5.06. The van der Waals surface area contributed by atoms with Crippen LogP contribution in [0.4, 0.5) is 0 Å². The Labute approximate surface area is 122 Å². The summed E-state index contributed by atoms with van der Waals surface area (Å²) in [6, 6.07) is 6.30. The van der Waals surface area contributed by atoms with Crippen LogP contribution >= 0.6 is 38.9 Å². The second-order valence-corrected chi connectivity index (χ2v) is 5.80. The number of rotatable bonds is 3. The second kappa shape index (κ2) is 5.73. The third kappa shape index (κ3) is 3.04. The number of phenols is 1. The standard InChI is InChI=1S/C12H9BrClNO2S/c13-8-3-4-18-11(8)6-15-12(17)7-1-2-10(16)9(14)5-7/h1-5,16H,6H2,(H,15,17). The van der Waals surface area contributed by atoms with Crippen molar-refractivity contribution >= 4 is 44.8 Å². The summed E-state index contributed by atoms with van der Waals surface area (Å²) in [6.45, 7) is 0.454. The number of carbonyl (C=O) groups is 1. The van der Waals surface area contributed by atoms with Gasteiger partial charge in [0.05, 0.1) is 11.6 Å². The van der Waals surface area contributed by atoms with Crippen LogP contribution in [0.15, 0.2) is 34.1 Å². The SMILES string of the molecule is O=C(NCc1sccc1Br)c1ccc(O)c(Cl)c1. The summed E-state index contributed by atoms with van der Waals surface area (Å²) in [6.07, 6.45) is 0. The molecule has 0 aliphatic rings. The maximum Gasteiger partial charge on any atom is 0.251 e. The largest absolute Gasteiger partial charge is 0.506 e. The molecule has 6 heteroatoms. The first-order valence-corrected chi connectivity index (χ1v) is 7.11. The minimum Gasteiger partial charge on any atom is -0.506 e. The Balaban J connectivity index is 2.04. The predicted molar refractivity (Wildman–Crippen MR) is 76.3 cm³/mol. The van der Waals surface area contributed by atoms with E-state index >= 15 is 0 Å². The van der Waals surface area contributed by atoms with E-state index in [0.717, 1.165) is 9.35 Å². The number of hydrogen-bond donors (Lipinski definition) is 2. The highest BCUT2D eigenvalue weighted by Crippen LogP contribution is 2.24. The molecule has 0 fully saturated rings. The van der Waals surface area contributed by atoms with Crippen LogP contribution in [-0.2, 0) is 6.54 Å². The Morgan fingerprint density at radius 3 is 2.83 bits per heavy atom. The molecule has 18 heavy (non-hydrogen) atoms. The molecule has 1 heterocycles. The Hall–Kier alpha value is -1.04. The van der Waals surface area contributed by atoms with Crippen molar-refractivity contribution in [2.45, 2.75) is 6.54 Å². The maximum absolute atomic E-state index is 11.9. The molecule has 0 bridgehead atoms. The summed E-state index contributed by atoms with van der Waals surface area (Å²) in [5, 5.41) is 14.2. The van der Waals surface area contributed by atoms with E-state index < -0.39 is 0 Å². The van der Waals surface area contributed by atoms with Crippen LogP contribution in [0.25, 0.3) is 0 Å². The Kier molecular flexibility index (Phi) is 4.27. The van der Waals surface area contributed by atoms with E-state index in [1.165, 1.54) is 18.2 Å². The van der Waals surface area contributed by atoms with E-state index in [4.69, 9.17) is 11.6 Å². The van der Waals surface area contributed by atoms with Gasteiger partial charge in [0, 0.05) is 14.9 Å². The third-order valence-corrected chi connectivity index (χ3v) is 4.54. The molecule has 2 N–H and O–H groups in total. The zero-order valence-electron chi connectivity index (χ0n) is 9.11. The molecular formula is C12H9BrClNO2S. The van der Waals surface area contributed by atoms with Gasteiger partial charge < -0.3 is 10.4 Å². The Morgan fingerprint density at radius 1 is 1.44 bits per heavy atom. The van der Waals surface area contributed by atoms with E-state index in [1.807, 2.05) is 11.4 Å². The first kappa shape index (κ1) is 13.4. The Bertz CT molecular complexity index is 585. The van der Waals surface area contributed by atoms with E-state index in [2.05, 4.69) is 21.2 Å². The molecule has 0 spiro atoms. The van der Waals surface area contributed by atoms with Crippen molar-refractivity contribution in [3.63, 3.8) is 0 Å². The second-order valence-electron chi connectivity index (χ2n) is 3.54. The highest BCUT2D eigenvalue weighted by atomic mass is 79.9. The van der Waals surface area contributed by atoms with E-state index in [0.29, 0.717) is 12.1 Å². The van der Waals surface area contributed by atoms with E-state index in [9.17, 15) is 9.90 Å². The molecule has 3 nitrogen and oxygen atoms in total. The van der Waals surface area contributed by atoms with Crippen molar-refractivity contribution in [1.29, 1.82) is 0 Å². The summed E-state index contributed by atoms with van der Waals surface area (Å²) < 4.78 is 0.983. The topological polar surface area (TPSA) is 49.3 Å². The van der Waals surface area contributed by atoms with Crippen molar-refractivity contribution in [3.05, 3.63) is 49.6 Å². The summed E-state index contributed by atoms with van der Waals surface area (Å²) in [5.41, 5.74) is 0.422. The van der Waals surface area contributed by atoms with Gasteiger partial charge in [-0.25, -0.2) is 0 Å². The van der Waals surface area contributed by atoms with Crippen LogP contribution in [0, 0.1) is 0 Å². The van der Waals surface area contributed by atoms with Crippen LogP contribution in [0.5, 0.6) is 5.75 Å². The molecule has 2 rings (SSSR count). The number of thiophene rings is 1. The van der Waals surface area contributed by atoms with Gasteiger partial charge >= 0.3 is 0 Å². The molecular weight excluding hydrogens is 338 g/mol. The Morgan fingerprint density at radius 2 is 2.22 bits per heavy atom. The normalized spacial score (nSPS) is 10.3. The van der Waals surface area contributed by atoms with Crippen LogP contribution in [0.3, 0.4) is 0 Å². The lowest BCUT2D eigenvalue weighted by molar-refractivity contribution is 0.0951. The molecule has 0 saturated carbocycles. The number of hydrogen-bond acceptors (Lipinski definition) is 3. The molecule has 94 valence electrons. The molecule has 2 aromatic rings. The number of amides is 1. The summed E-state index contributed by atoms with van der Waals surface area (Å²) in [5.74, 6) is -0.258. The fourth-order valence-corrected chi connectivity index (χ4v) is 2.97. The monoisotopic (exact) mass is 345 g/mol. The van der Waals surface area contributed by atoms with Crippen LogP contribution in [-0.4, -0.2) is 11.0 Å². The average molecular weight is 347 g/mol. The van der Waals surface area contributed by atoms with Gasteiger partial charge in [-0.1, -0.05) is 11.6 Å². The quantitative estimate of drug-likeness (QED) is 0.888. The van der Waals surface area contributed by atoms with Crippen LogP contribution in [0.1, 0.15) is 15.2 Å². The number of halogens is 2. The molecule has 1 aromatic heterocycles. The smallest absolute Gasteiger partial charge is 0.251 e. The lowest BCUT2D eigenvalue weighted by Gasteiger charge is -2.05. The fourth-order valence-electron chi connectivity index (χ4n) is 1.36. The number of phenolic OH excluding ortho intramolecular Hbond substituents is 1. The molecule has 0 aliphatic carbocycles. The van der Waals surface area contributed by atoms with Gasteiger partial charge in [0.25, 0.3) is 5.91 Å². The van der Waals surface area contributed by atoms with E-state index in [-0.39, 0.29) is 16.7 Å². The third-order valence-electron chi connectivity index (χ3n) is 2.31. The van der Waals surface area contributed by atoms with Crippen molar-refractivity contribution < 1.29 is 9.90 Å². The van der Waals surface area contributed by atoms with Gasteiger partial charge in [0.2, 0.25) is 0 Å². The average Bonchev–Trinajstić information content (AvgIpc) is 2.75. The highest BCUT2D eigenvalue weighted by Gasteiger charge is 2.09. The van der Waals surface area contributed by atoms with Crippen molar-refractivity contribution in [3.8, 4) is 5.75 Å². The van der Waals surface area contributed by atoms with Crippen LogP contribution < -0.4 is 5.32 Å². The summed E-state index contributed by atoms with van der Waals surface area (Å²) >= 11 is 10.7. The highest BCUT2D eigenvalue weighted by molar-refractivity contribution is 9.10. The molecule has 0 saturated heterocycles. The number of carbonyl (C=O) groups excluding carboxylic acids is 1. The number of nitrogens with one attached hydrogen (secondary N) is 1.